The molecule has 0 amide bonds. The molecule has 0 aromatic heterocycles. The fourth-order valence-corrected chi connectivity index (χ4v) is 2.63. The molecule has 1 aromatic rings. The first kappa shape index (κ1) is 10.8. The first-order valence-electron chi connectivity index (χ1n) is 5.17. The van der Waals surface area contributed by atoms with Crippen molar-refractivity contribution >= 4 is 11.8 Å². The third kappa shape index (κ3) is 2.13. The highest BCUT2D eigenvalue weighted by molar-refractivity contribution is 7.98. The van der Waals surface area contributed by atoms with Crippen LogP contribution in [0.1, 0.15) is 11.1 Å². The van der Waals surface area contributed by atoms with Crippen LogP contribution in [0.4, 0.5) is 0 Å². The van der Waals surface area contributed by atoms with Gasteiger partial charge in [-0.25, -0.2) is 0 Å². The van der Waals surface area contributed by atoms with Gasteiger partial charge in [0.1, 0.15) is 5.75 Å². The van der Waals surface area contributed by atoms with Crippen molar-refractivity contribution in [3.8, 4) is 5.75 Å². The average molecular weight is 223 g/mol. The van der Waals surface area contributed by atoms with Gasteiger partial charge in [-0.15, -0.1) is 11.8 Å². The van der Waals surface area contributed by atoms with Crippen molar-refractivity contribution in [2.75, 3.05) is 27.0 Å². The maximum absolute atomic E-state index is 5.40. The molecule has 1 aliphatic heterocycles. The Morgan fingerprint density at radius 2 is 2.13 bits per heavy atom. The monoisotopic (exact) mass is 223 g/mol. The van der Waals surface area contributed by atoms with Crippen molar-refractivity contribution < 1.29 is 4.74 Å². The van der Waals surface area contributed by atoms with E-state index in [1.807, 2.05) is 0 Å². The number of nitrogens with zero attached hydrogens (tertiary/aromatic N) is 1. The van der Waals surface area contributed by atoms with Gasteiger partial charge in [-0.05, 0) is 43.0 Å². The Kier molecular flexibility index (Phi) is 3.22. The summed E-state index contributed by atoms with van der Waals surface area (Å²) in [6.45, 7) is 2.20. The minimum atomic E-state index is 1.01. The van der Waals surface area contributed by atoms with Gasteiger partial charge in [-0.2, -0.15) is 0 Å². The van der Waals surface area contributed by atoms with Gasteiger partial charge in [0.25, 0.3) is 0 Å². The molecule has 0 saturated heterocycles. The molecule has 82 valence electrons. The third-order valence-electron chi connectivity index (χ3n) is 2.91. The van der Waals surface area contributed by atoms with E-state index in [-0.39, 0.29) is 0 Å². The van der Waals surface area contributed by atoms with E-state index < -0.39 is 0 Å². The summed E-state index contributed by atoms with van der Waals surface area (Å²) >= 11 is 1.76. The molecule has 0 N–H and O–H groups in total. The zero-order valence-corrected chi connectivity index (χ0v) is 10.4. The van der Waals surface area contributed by atoms with E-state index in [1.54, 1.807) is 18.9 Å². The van der Waals surface area contributed by atoms with Gasteiger partial charge < -0.3 is 9.64 Å². The zero-order chi connectivity index (χ0) is 10.8. The fraction of sp³-hybridized carbons (Fsp3) is 0.500. The van der Waals surface area contributed by atoms with Gasteiger partial charge in [0.2, 0.25) is 0 Å². The molecule has 15 heavy (non-hydrogen) atoms. The number of fused-ring (bicyclic) bond motifs is 1. The molecule has 0 spiro atoms. The maximum Gasteiger partial charge on any atom is 0.132 e. The second kappa shape index (κ2) is 4.45. The van der Waals surface area contributed by atoms with E-state index in [0.29, 0.717) is 0 Å². The minimum Gasteiger partial charge on any atom is -0.496 e. The number of likely N-dealkylation sites (N-methyl/N-ethyl adjacent to an activating group) is 1. The number of ether oxygens (including phenoxy) is 1. The van der Waals surface area contributed by atoms with Crippen molar-refractivity contribution in [1.82, 2.24) is 4.90 Å². The van der Waals surface area contributed by atoms with Gasteiger partial charge >= 0.3 is 0 Å². The van der Waals surface area contributed by atoms with Crippen LogP contribution >= 0.6 is 11.8 Å². The van der Waals surface area contributed by atoms with E-state index in [0.717, 1.165) is 25.3 Å². The smallest absolute Gasteiger partial charge is 0.132 e. The molecule has 2 rings (SSSR count). The van der Waals surface area contributed by atoms with Crippen LogP contribution in [0.3, 0.4) is 0 Å². The van der Waals surface area contributed by atoms with E-state index in [2.05, 4.69) is 30.3 Å². The molecular formula is C12H17NOS. The van der Waals surface area contributed by atoms with Crippen molar-refractivity contribution in [3.63, 3.8) is 0 Å². The molecule has 2 nitrogen and oxygen atoms in total. The molecule has 1 aromatic carbocycles. The molecule has 0 atom stereocenters. The van der Waals surface area contributed by atoms with E-state index in [1.165, 1.54) is 16.0 Å². The first-order valence-corrected chi connectivity index (χ1v) is 6.39. The number of thioether (sulfide) groups is 1. The lowest BCUT2D eigenvalue weighted by atomic mass is 10.00. The summed E-state index contributed by atoms with van der Waals surface area (Å²) in [5.41, 5.74) is 2.90. The Hall–Kier alpha value is -0.670. The number of benzene rings is 1. The highest BCUT2D eigenvalue weighted by atomic mass is 32.2. The van der Waals surface area contributed by atoms with Crippen LogP contribution in [0.25, 0.3) is 0 Å². The Bertz CT molecular complexity index is 365. The van der Waals surface area contributed by atoms with E-state index >= 15 is 0 Å². The van der Waals surface area contributed by atoms with Gasteiger partial charge in [0.05, 0.1) is 7.11 Å². The minimum absolute atomic E-state index is 1.01. The topological polar surface area (TPSA) is 12.5 Å². The summed E-state index contributed by atoms with van der Waals surface area (Å²) in [6, 6.07) is 4.47. The fourth-order valence-electron chi connectivity index (χ4n) is 2.02. The summed E-state index contributed by atoms with van der Waals surface area (Å²) in [7, 11) is 3.91. The lowest BCUT2D eigenvalue weighted by molar-refractivity contribution is 0.310. The van der Waals surface area contributed by atoms with Crippen LogP contribution in [-0.2, 0) is 13.0 Å². The van der Waals surface area contributed by atoms with Gasteiger partial charge in [0, 0.05) is 18.0 Å². The van der Waals surface area contributed by atoms with Crippen molar-refractivity contribution in [3.05, 3.63) is 23.3 Å². The van der Waals surface area contributed by atoms with Gasteiger partial charge in [-0.3, -0.25) is 0 Å². The van der Waals surface area contributed by atoms with E-state index in [9.17, 15) is 0 Å². The normalized spacial score (nSPS) is 16.2. The molecule has 0 fully saturated rings. The third-order valence-corrected chi connectivity index (χ3v) is 3.67. The van der Waals surface area contributed by atoms with Crippen LogP contribution in [-0.4, -0.2) is 31.9 Å². The second-order valence-corrected chi connectivity index (χ2v) is 4.81. The first-order chi connectivity index (χ1) is 7.24. The Balaban J connectivity index is 2.41. The Morgan fingerprint density at radius 3 is 2.80 bits per heavy atom. The Labute approximate surface area is 95.6 Å². The van der Waals surface area contributed by atoms with Gasteiger partial charge in [0.15, 0.2) is 0 Å². The molecule has 3 heteroatoms. The largest absolute Gasteiger partial charge is 0.496 e. The van der Waals surface area contributed by atoms with Crippen LogP contribution in [0, 0.1) is 0 Å². The van der Waals surface area contributed by atoms with E-state index in [4.69, 9.17) is 4.74 Å². The highest BCUT2D eigenvalue weighted by Crippen LogP contribution is 2.32. The summed E-state index contributed by atoms with van der Waals surface area (Å²) in [5, 5.41) is 0. The quantitative estimate of drug-likeness (QED) is 0.714. The predicted molar refractivity (Wildman–Crippen MR) is 64.8 cm³/mol. The Morgan fingerprint density at radius 1 is 1.33 bits per heavy atom. The molecule has 0 radical (unpaired) electrons. The summed E-state index contributed by atoms with van der Waals surface area (Å²) < 4.78 is 5.40. The zero-order valence-electron chi connectivity index (χ0n) is 9.54. The molecule has 0 bridgehead atoms. The van der Waals surface area contributed by atoms with Crippen LogP contribution in [0.15, 0.2) is 17.0 Å². The average Bonchev–Trinajstić information content (AvgIpc) is 2.27. The standard InChI is InChI=1S/C12H17NOS/c1-13-5-4-9-7-12(15-3)11(14-2)6-10(9)8-13/h6-7H,4-5,8H2,1-3H3. The van der Waals surface area contributed by atoms with Crippen LogP contribution in [0.5, 0.6) is 5.75 Å². The number of rotatable bonds is 2. The molecular weight excluding hydrogens is 206 g/mol. The second-order valence-electron chi connectivity index (χ2n) is 3.96. The lowest BCUT2D eigenvalue weighted by Gasteiger charge is -2.26. The summed E-state index contributed by atoms with van der Waals surface area (Å²) in [4.78, 5) is 3.60. The molecule has 0 saturated carbocycles. The number of hydrogen-bond donors (Lipinski definition) is 0. The highest BCUT2D eigenvalue weighted by Gasteiger charge is 2.16. The molecule has 0 unspecified atom stereocenters. The summed E-state index contributed by atoms with van der Waals surface area (Å²) in [6.07, 6.45) is 3.25. The maximum atomic E-state index is 5.40. The van der Waals surface area contributed by atoms with Crippen molar-refractivity contribution in [1.29, 1.82) is 0 Å². The lowest BCUT2D eigenvalue weighted by Crippen LogP contribution is -2.26. The predicted octanol–water partition coefficient (Wildman–Crippen LogP) is 2.41. The van der Waals surface area contributed by atoms with Crippen LogP contribution < -0.4 is 4.74 Å². The summed E-state index contributed by atoms with van der Waals surface area (Å²) in [5.74, 6) is 1.01. The molecule has 1 aliphatic rings. The number of hydrogen-bond acceptors (Lipinski definition) is 3. The van der Waals surface area contributed by atoms with Crippen LogP contribution in [0.2, 0.25) is 0 Å². The SMILES string of the molecule is COc1cc2c(cc1SC)CCN(C)C2. The van der Waals surface area contributed by atoms with Crippen molar-refractivity contribution in [2.24, 2.45) is 0 Å². The van der Waals surface area contributed by atoms with Gasteiger partial charge in [-0.1, -0.05) is 0 Å². The molecule has 1 heterocycles. The number of methoxy groups -OCH3 is 1. The molecule has 0 aliphatic carbocycles. The van der Waals surface area contributed by atoms with Crippen molar-refractivity contribution in [2.45, 2.75) is 17.9 Å².